The number of rotatable bonds is 4. The second-order valence-electron chi connectivity index (χ2n) is 11.7. The third-order valence-corrected chi connectivity index (χ3v) is 9.64. The van der Waals surface area contributed by atoms with E-state index < -0.39 is 35.5 Å². The van der Waals surface area contributed by atoms with E-state index in [9.17, 15) is 24.6 Å². The first-order valence-electron chi connectivity index (χ1n) is 13.6. The number of amides is 3. The zero-order chi connectivity index (χ0) is 27.3. The van der Waals surface area contributed by atoms with E-state index in [2.05, 4.69) is 26.7 Å². The van der Waals surface area contributed by atoms with Gasteiger partial charge in [-0.2, -0.15) is 0 Å². The van der Waals surface area contributed by atoms with Crippen LogP contribution >= 0.6 is 0 Å². The molecule has 13 heteroatoms. The van der Waals surface area contributed by atoms with Gasteiger partial charge >= 0.3 is 5.96 Å². The molecule has 9 N–H and O–H groups in total. The molecule has 1 saturated carbocycles. The van der Waals surface area contributed by atoms with Crippen LogP contribution in [0.15, 0.2) is 23.2 Å². The van der Waals surface area contributed by atoms with Gasteiger partial charge in [-0.3, -0.25) is 34.9 Å². The molecule has 13 nitrogen and oxygen atoms in total. The number of aliphatic imine (C=N–C) groups is 1. The normalized spacial score (nSPS) is 33.2. The number of carbonyl (C=O) groups excluding carboxylic acids is 3. The van der Waals surface area contributed by atoms with Crippen molar-refractivity contribution in [3.8, 4) is 0 Å². The Kier molecular flexibility index (Phi) is 4.94. The lowest BCUT2D eigenvalue weighted by Gasteiger charge is -2.46. The van der Waals surface area contributed by atoms with Gasteiger partial charge in [-0.25, -0.2) is 10.3 Å². The average molecular weight is 538 g/mol. The highest BCUT2D eigenvalue weighted by Crippen LogP contribution is 2.55. The summed E-state index contributed by atoms with van der Waals surface area (Å²) in [4.78, 5) is 48.4. The summed E-state index contributed by atoms with van der Waals surface area (Å²) in [5.74, 6) is -3.54. The van der Waals surface area contributed by atoms with Gasteiger partial charge in [0.15, 0.2) is 12.0 Å². The molecule has 1 aromatic rings. The van der Waals surface area contributed by atoms with E-state index in [1.165, 1.54) is 10.5 Å². The molecule has 2 saturated heterocycles. The molecule has 2 spiro atoms. The van der Waals surface area contributed by atoms with Gasteiger partial charge in [-0.05, 0) is 54.7 Å². The molecule has 0 radical (unpaired) electrons. The predicted molar refractivity (Wildman–Crippen MR) is 137 cm³/mol. The molecule has 6 aliphatic rings. The van der Waals surface area contributed by atoms with Crippen LogP contribution in [0.2, 0.25) is 0 Å². The van der Waals surface area contributed by atoms with Crippen LogP contribution in [0, 0.1) is 0 Å². The topological polar surface area (TPSA) is 201 Å². The molecule has 3 fully saturated rings. The zero-order valence-corrected chi connectivity index (χ0v) is 21.4. The van der Waals surface area contributed by atoms with Crippen LogP contribution in [0.4, 0.5) is 0 Å². The van der Waals surface area contributed by atoms with Gasteiger partial charge in [-0.1, -0.05) is 12.1 Å². The molecule has 4 aliphatic heterocycles. The van der Waals surface area contributed by atoms with Crippen molar-refractivity contribution >= 4 is 29.6 Å². The molecule has 0 bridgehead atoms. The summed E-state index contributed by atoms with van der Waals surface area (Å²) >= 11 is 0. The van der Waals surface area contributed by atoms with E-state index in [0.717, 1.165) is 42.6 Å². The number of nitrogens with one attached hydrogen (secondary N) is 3. The van der Waals surface area contributed by atoms with Crippen LogP contribution < -0.4 is 27.1 Å². The SMILES string of the molecule is NC1=N[C@@H](CN2C(=O)CCC2=O)[C@@H]2[NH+]=C(N)NC23N1CC(NC(=O)c1cccc2c1CCCC21CC1)C3(O)O. The molecule has 1 aromatic carbocycles. The zero-order valence-electron chi connectivity index (χ0n) is 21.4. The Morgan fingerprint density at radius 1 is 1.15 bits per heavy atom. The number of guanidine groups is 2. The molecule has 39 heavy (non-hydrogen) atoms. The first-order chi connectivity index (χ1) is 18.6. The lowest BCUT2D eigenvalue weighted by molar-refractivity contribution is -0.521. The molecule has 3 amide bonds. The molecule has 0 aromatic heterocycles. The van der Waals surface area contributed by atoms with Crippen molar-refractivity contribution in [1.82, 2.24) is 20.4 Å². The molecule has 2 aliphatic carbocycles. The second kappa shape index (κ2) is 7.92. The molecule has 2 unspecified atom stereocenters. The number of fused-ring (bicyclic) bond motifs is 2. The highest BCUT2D eigenvalue weighted by molar-refractivity contribution is 6.02. The minimum absolute atomic E-state index is 0.0173. The van der Waals surface area contributed by atoms with Gasteiger partial charge in [0.05, 0.1) is 13.1 Å². The van der Waals surface area contributed by atoms with E-state index in [1.54, 1.807) is 6.07 Å². The maximum absolute atomic E-state index is 13.6. The quantitative estimate of drug-likeness (QED) is 0.148. The third-order valence-electron chi connectivity index (χ3n) is 9.64. The molecule has 206 valence electrons. The van der Waals surface area contributed by atoms with E-state index in [4.69, 9.17) is 11.5 Å². The minimum atomic E-state index is -2.56. The van der Waals surface area contributed by atoms with E-state index in [0.29, 0.717) is 5.56 Å². The maximum atomic E-state index is 13.6. The number of nitrogens with two attached hydrogens (primary N) is 2. The smallest absolute Gasteiger partial charge is 0.343 e. The van der Waals surface area contributed by atoms with Gasteiger partial charge < -0.3 is 21.3 Å². The number of imide groups is 1. The molecule has 7 rings (SSSR count). The van der Waals surface area contributed by atoms with Crippen LogP contribution in [-0.4, -0.2) is 92.3 Å². The van der Waals surface area contributed by atoms with E-state index in [-0.39, 0.29) is 55.1 Å². The van der Waals surface area contributed by atoms with Crippen molar-refractivity contribution < 1.29 is 29.6 Å². The summed E-state index contributed by atoms with van der Waals surface area (Å²) < 4.78 is 0. The number of nitrogens with zero attached hydrogens (tertiary/aromatic N) is 3. The average Bonchev–Trinajstić information content (AvgIpc) is 3.38. The summed E-state index contributed by atoms with van der Waals surface area (Å²) in [5.41, 5.74) is 13.7. The number of carbonyl (C=O) groups is 3. The number of benzene rings is 1. The van der Waals surface area contributed by atoms with Gasteiger partial charge in [0.2, 0.25) is 17.6 Å². The van der Waals surface area contributed by atoms with Crippen molar-refractivity contribution in [3.63, 3.8) is 0 Å². The Bertz CT molecular complexity index is 1350. The second-order valence-corrected chi connectivity index (χ2v) is 11.7. The van der Waals surface area contributed by atoms with Gasteiger partial charge in [0.1, 0.15) is 12.1 Å². The largest absolute Gasteiger partial charge is 0.370 e. The summed E-state index contributed by atoms with van der Waals surface area (Å²) in [6.45, 7) is -0.147. The van der Waals surface area contributed by atoms with Crippen molar-refractivity contribution in [2.75, 3.05) is 13.1 Å². The monoisotopic (exact) mass is 537 g/mol. The Labute approximate surface area is 224 Å². The van der Waals surface area contributed by atoms with Crippen molar-refractivity contribution in [1.29, 1.82) is 0 Å². The number of hydrogen-bond donors (Lipinski definition) is 7. The molecule has 4 atom stereocenters. The summed E-state index contributed by atoms with van der Waals surface area (Å²) in [5, 5.41) is 29.3. The van der Waals surface area contributed by atoms with Gasteiger partial charge in [0, 0.05) is 18.4 Å². The lowest BCUT2D eigenvalue weighted by Crippen LogP contribution is -2.90. The van der Waals surface area contributed by atoms with Crippen LogP contribution in [0.3, 0.4) is 0 Å². The Balaban J connectivity index is 1.20. The fraction of sp³-hybridized carbons (Fsp3) is 0.577. The third kappa shape index (κ3) is 3.22. The number of hydrogen-bond acceptors (Lipinski definition) is 10. The number of likely N-dealkylation sites (tertiary alicyclic amines) is 1. The molecular formula is C26H33N8O5+. The number of aliphatic hydroxyl groups is 2. The van der Waals surface area contributed by atoms with Crippen LogP contribution in [-0.2, 0) is 21.4 Å². The lowest BCUT2D eigenvalue weighted by atomic mass is 9.78. The predicted octanol–water partition coefficient (Wildman–Crippen LogP) is -3.94. The van der Waals surface area contributed by atoms with E-state index >= 15 is 0 Å². The Hall–Kier alpha value is -3.71. The molecule has 4 heterocycles. The summed E-state index contributed by atoms with van der Waals surface area (Å²) in [7, 11) is 0. The minimum Gasteiger partial charge on any atom is -0.370 e. The fourth-order valence-electron chi connectivity index (χ4n) is 7.54. The van der Waals surface area contributed by atoms with E-state index in [1.807, 2.05) is 6.07 Å². The Morgan fingerprint density at radius 2 is 1.90 bits per heavy atom. The van der Waals surface area contributed by atoms with Gasteiger partial charge in [-0.15, -0.1) is 0 Å². The fourth-order valence-corrected chi connectivity index (χ4v) is 7.54. The van der Waals surface area contributed by atoms with Gasteiger partial charge in [0.25, 0.3) is 11.6 Å². The maximum Gasteiger partial charge on any atom is 0.343 e. The first-order valence-corrected chi connectivity index (χ1v) is 13.6. The first kappa shape index (κ1) is 24.3. The summed E-state index contributed by atoms with van der Waals surface area (Å²) in [6, 6.07) is 2.94. The standard InChI is InChI=1S/C26H32N8O5/c27-22-31-20-16(11-33-18(35)6-7-19(33)36)29-23(28)34-12-17(26(38,39)25(20,34)32-22)30-21(37)14-3-1-5-15-13(14)4-2-8-24(15)9-10-24/h1,3,5,16-17,20,38-39H,2,4,6-12H2,(H2,28,29)(H,30,37)(H3,27,31,32)/p+1/t16-,17?,20-,25?/m0/s1. The van der Waals surface area contributed by atoms with Crippen LogP contribution in [0.1, 0.15) is 60.0 Å². The highest BCUT2D eigenvalue weighted by Gasteiger charge is 2.76. The highest BCUT2D eigenvalue weighted by atomic mass is 16.5. The van der Waals surface area contributed by atoms with Crippen molar-refractivity contribution in [2.45, 2.75) is 79.9 Å². The Morgan fingerprint density at radius 3 is 2.62 bits per heavy atom. The van der Waals surface area contributed by atoms with Crippen molar-refractivity contribution in [3.05, 3.63) is 34.9 Å². The van der Waals surface area contributed by atoms with Crippen LogP contribution in [0.25, 0.3) is 0 Å². The van der Waals surface area contributed by atoms with Crippen molar-refractivity contribution in [2.24, 2.45) is 16.5 Å². The summed E-state index contributed by atoms with van der Waals surface area (Å²) in [6.07, 6.45) is 5.46. The van der Waals surface area contributed by atoms with Crippen LogP contribution in [0.5, 0.6) is 0 Å². The molecular weight excluding hydrogens is 504 g/mol.